The summed E-state index contributed by atoms with van der Waals surface area (Å²) in [6.07, 6.45) is 1.89. The Morgan fingerprint density at radius 2 is 1.78 bits per heavy atom. The molecule has 0 spiro atoms. The van der Waals surface area contributed by atoms with E-state index in [0.29, 0.717) is 0 Å². The van der Waals surface area contributed by atoms with E-state index in [0.717, 1.165) is 22.6 Å². The van der Waals surface area contributed by atoms with E-state index in [9.17, 15) is 0 Å². The summed E-state index contributed by atoms with van der Waals surface area (Å²) in [4.78, 5) is 0. The van der Waals surface area contributed by atoms with E-state index in [-0.39, 0.29) is 12.1 Å². The van der Waals surface area contributed by atoms with Gasteiger partial charge in [0.2, 0.25) is 0 Å². The minimum absolute atomic E-state index is 0.157. The summed E-state index contributed by atoms with van der Waals surface area (Å²) in [6, 6.07) is 9.68. The van der Waals surface area contributed by atoms with Crippen LogP contribution in [0.15, 0.2) is 41.0 Å². The van der Waals surface area contributed by atoms with E-state index in [2.05, 4.69) is 0 Å². The van der Waals surface area contributed by atoms with Crippen LogP contribution in [-0.4, -0.2) is 6.10 Å². The van der Waals surface area contributed by atoms with Crippen molar-refractivity contribution in [3.8, 4) is 5.75 Å². The molecule has 3 nitrogen and oxygen atoms in total. The van der Waals surface area contributed by atoms with Crippen molar-refractivity contribution in [2.24, 2.45) is 5.73 Å². The predicted octanol–water partition coefficient (Wildman–Crippen LogP) is 3.42. The summed E-state index contributed by atoms with van der Waals surface area (Å²) in [5.41, 5.74) is 8.22. The third-order valence-electron chi connectivity index (χ3n) is 2.72. The zero-order valence-electron chi connectivity index (χ0n) is 11.0. The van der Waals surface area contributed by atoms with Crippen LogP contribution in [-0.2, 0) is 0 Å². The van der Waals surface area contributed by atoms with Gasteiger partial charge in [-0.3, -0.25) is 0 Å². The van der Waals surface area contributed by atoms with Crippen LogP contribution in [0.25, 0.3) is 0 Å². The Kier molecular flexibility index (Phi) is 3.72. The molecule has 0 saturated heterocycles. The predicted molar refractivity (Wildman–Crippen MR) is 71.7 cm³/mol. The lowest BCUT2D eigenvalue weighted by atomic mass is 10.0. The van der Waals surface area contributed by atoms with E-state index in [4.69, 9.17) is 14.9 Å². The number of furan rings is 1. The van der Waals surface area contributed by atoms with Crippen LogP contribution in [0.5, 0.6) is 5.75 Å². The second-order valence-corrected chi connectivity index (χ2v) is 4.70. The molecule has 0 fully saturated rings. The van der Waals surface area contributed by atoms with Gasteiger partial charge in [0.15, 0.2) is 0 Å². The van der Waals surface area contributed by atoms with Gasteiger partial charge in [-0.2, -0.15) is 0 Å². The lowest BCUT2D eigenvalue weighted by molar-refractivity contribution is 0.242. The third kappa shape index (κ3) is 2.93. The van der Waals surface area contributed by atoms with Crippen molar-refractivity contribution in [1.82, 2.24) is 0 Å². The van der Waals surface area contributed by atoms with Gasteiger partial charge in [-0.15, -0.1) is 0 Å². The van der Waals surface area contributed by atoms with Gasteiger partial charge in [-0.05, 0) is 44.5 Å². The molecule has 1 heterocycles. The Morgan fingerprint density at radius 3 is 2.28 bits per heavy atom. The van der Waals surface area contributed by atoms with Crippen molar-refractivity contribution < 1.29 is 9.15 Å². The highest BCUT2D eigenvalue weighted by atomic mass is 16.5. The van der Waals surface area contributed by atoms with E-state index in [1.54, 1.807) is 6.26 Å². The molecule has 0 aliphatic carbocycles. The Balaban J connectivity index is 2.14. The van der Waals surface area contributed by atoms with Gasteiger partial charge in [-0.25, -0.2) is 0 Å². The molecule has 0 bridgehead atoms. The maximum Gasteiger partial charge on any atom is 0.119 e. The lowest BCUT2D eigenvalue weighted by Crippen LogP contribution is -2.11. The molecule has 0 radical (unpaired) electrons. The quantitative estimate of drug-likeness (QED) is 0.897. The number of benzene rings is 1. The highest BCUT2D eigenvalue weighted by Crippen LogP contribution is 2.23. The fourth-order valence-corrected chi connectivity index (χ4v) is 1.85. The minimum atomic E-state index is -0.157. The first kappa shape index (κ1) is 12.7. The number of nitrogens with two attached hydrogens (primary N) is 1. The highest BCUT2D eigenvalue weighted by molar-refractivity contribution is 5.34. The highest BCUT2D eigenvalue weighted by Gasteiger charge is 2.11. The molecule has 3 heteroatoms. The van der Waals surface area contributed by atoms with Crippen LogP contribution >= 0.6 is 0 Å². The van der Waals surface area contributed by atoms with E-state index >= 15 is 0 Å². The first-order valence-corrected chi connectivity index (χ1v) is 6.13. The van der Waals surface area contributed by atoms with Crippen LogP contribution in [0.4, 0.5) is 0 Å². The van der Waals surface area contributed by atoms with Crippen LogP contribution in [0.2, 0.25) is 0 Å². The average Bonchev–Trinajstić information content (AvgIpc) is 2.75. The molecule has 1 aromatic carbocycles. The van der Waals surface area contributed by atoms with E-state index in [1.807, 2.05) is 51.1 Å². The Labute approximate surface area is 108 Å². The van der Waals surface area contributed by atoms with Crippen LogP contribution in [0, 0.1) is 6.92 Å². The monoisotopic (exact) mass is 245 g/mol. The summed E-state index contributed by atoms with van der Waals surface area (Å²) in [5.74, 6) is 1.74. The van der Waals surface area contributed by atoms with Gasteiger partial charge in [0.1, 0.15) is 11.5 Å². The molecule has 0 saturated carbocycles. The lowest BCUT2D eigenvalue weighted by Gasteiger charge is -2.13. The SMILES string of the molecule is Cc1cc(C(N)c2ccc(OC(C)C)cc2)co1. The fraction of sp³-hybridized carbons (Fsp3) is 0.333. The smallest absolute Gasteiger partial charge is 0.119 e. The van der Waals surface area contributed by atoms with Gasteiger partial charge >= 0.3 is 0 Å². The number of hydrogen-bond donors (Lipinski definition) is 1. The zero-order valence-corrected chi connectivity index (χ0v) is 11.0. The molecule has 0 aliphatic rings. The number of rotatable bonds is 4. The second kappa shape index (κ2) is 5.27. The molecule has 1 aromatic heterocycles. The molecule has 18 heavy (non-hydrogen) atoms. The molecule has 1 unspecified atom stereocenters. The number of aryl methyl sites for hydroxylation is 1. The third-order valence-corrected chi connectivity index (χ3v) is 2.72. The summed E-state index contributed by atoms with van der Waals surface area (Å²) >= 11 is 0. The van der Waals surface area contributed by atoms with Gasteiger partial charge in [0, 0.05) is 5.56 Å². The van der Waals surface area contributed by atoms with Gasteiger partial charge < -0.3 is 14.9 Å². The standard InChI is InChI=1S/C15H19NO2/c1-10(2)18-14-6-4-12(5-7-14)15(16)13-8-11(3)17-9-13/h4-10,15H,16H2,1-3H3. The normalized spacial score (nSPS) is 12.7. The van der Waals surface area contributed by atoms with Crippen LogP contribution in [0.1, 0.15) is 36.8 Å². The van der Waals surface area contributed by atoms with Crippen molar-refractivity contribution in [2.75, 3.05) is 0 Å². The molecular formula is C15H19NO2. The summed E-state index contributed by atoms with van der Waals surface area (Å²) < 4.78 is 10.9. The van der Waals surface area contributed by atoms with Gasteiger partial charge in [-0.1, -0.05) is 12.1 Å². The first-order chi connectivity index (χ1) is 8.56. The Bertz CT molecular complexity index is 499. The molecule has 2 aromatic rings. The maximum absolute atomic E-state index is 6.18. The molecule has 0 aliphatic heterocycles. The van der Waals surface area contributed by atoms with Crippen molar-refractivity contribution in [3.05, 3.63) is 53.5 Å². The molecule has 2 rings (SSSR count). The summed E-state index contributed by atoms with van der Waals surface area (Å²) in [5, 5.41) is 0. The number of hydrogen-bond acceptors (Lipinski definition) is 3. The van der Waals surface area contributed by atoms with Crippen LogP contribution < -0.4 is 10.5 Å². The molecule has 96 valence electrons. The van der Waals surface area contributed by atoms with Crippen molar-refractivity contribution >= 4 is 0 Å². The zero-order chi connectivity index (χ0) is 13.1. The van der Waals surface area contributed by atoms with E-state index in [1.165, 1.54) is 0 Å². The maximum atomic E-state index is 6.18. The number of ether oxygens (including phenoxy) is 1. The summed E-state index contributed by atoms with van der Waals surface area (Å²) in [7, 11) is 0. The van der Waals surface area contributed by atoms with Gasteiger partial charge in [0.05, 0.1) is 18.4 Å². The average molecular weight is 245 g/mol. The topological polar surface area (TPSA) is 48.4 Å². The van der Waals surface area contributed by atoms with E-state index < -0.39 is 0 Å². The fourth-order valence-electron chi connectivity index (χ4n) is 1.85. The first-order valence-electron chi connectivity index (χ1n) is 6.13. The molecule has 0 amide bonds. The van der Waals surface area contributed by atoms with Gasteiger partial charge in [0.25, 0.3) is 0 Å². The molecule has 2 N–H and O–H groups in total. The Morgan fingerprint density at radius 1 is 1.11 bits per heavy atom. The summed E-state index contributed by atoms with van der Waals surface area (Å²) in [6.45, 7) is 5.93. The van der Waals surface area contributed by atoms with Crippen molar-refractivity contribution in [3.63, 3.8) is 0 Å². The largest absolute Gasteiger partial charge is 0.491 e. The minimum Gasteiger partial charge on any atom is -0.491 e. The Hall–Kier alpha value is -1.74. The second-order valence-electron chi connectivity index (χ2n) is 4.70. The van der Waals surface area contributed by atoms with Crippen LogP contribution in [0.3, 0.4) is 0 Å². The van der Waals surface area contributed by atoms with Crippen molar-refractivity contribution in [1.29, 1.82) is 0 Å². The molecular weight excluding hydrogens is 226 g/mol. The van der Waals surface area contributed by atoms with Crippen molar-refractivity contribution in [2.45, 2.75) is 32.9 Å². The molecule has 1 atom stereocenters.